The Kier molecular flexibility index (Phi) is 3.67. The quantitative estimate of drug-likeness (QED) is 0.792. The van der Waals surface area contributed by atoms with Crippen molar-refractivity contribution in [3.63, 3.8) is 0 Å². The molecule has 1 heterocycles. The number of amides is 1. The molecule has 0 bridgehead atoms. The highest BCUT2D eigenvalue weighted by atomic mass is 16.4. The van der Waals surface area contributed by atoms with Gasteiger partial charge in [0, 0.05) is 17.8 Å². The Morgan fingerprint density at radius 3 is 2.32 bits per heavy atom. The SMILES string of the molecule is O=C(O)/C=C/C(=O)Nc1ccc(-n2nccn2)cc1. The minimum Gasteiger partial charge on any atom is -0.478 e. The lowest BCUT2D eigenvalue weighted by molar-refractivity contribution is -0.131. The van der Waals surface area contributed by atoms with Crippen molar-refractivity contribution < 1.29 is 14.7 Å². The van der Waals surface area contributed by atoms with Crippen molar-refractivity contribution in [2.75, 3.05) is 5.32 Å². The standard InChI is InChI=1S/C12H10N4O3/c17-11(5-6-12(18)19)15-9-1-3-10(4-2-9)16-13-7-8-14-16/h1-8H,(H,15,17)(H,18,19)/b6-5+. The number of aliphatic carboxylic acids is 1. The van der Waals surface area contributed by atoms with E-state index in [1.54, 1.807) is 36.7 Å². The molecular formula is C12H10N4O3. The van der Waals surface area contributed by atoms with Crippen molar-refractivity contribution in [3.05, 3.63) is 48.8 Å². The van der Waals surface area contributed by atoms with Crippen LogP contribution in [0.5, 0.6) is 0 Å². The van der Waals surface area contributed by atoms with Crippen LogP contribution in [0.4, 0.5) is 5.69 Å². The van der Waals surface area contributed by atoms with Gasteiger partial charge in [0.1, 0.15) is 0 Å². The Bertz CT molecular complexity index is 602. The fourth-order valence-electron chi connectivity index (χ4n) is 1.36. The molecule has 1 aromatic carbocycles. The summed E-state index contributed by atoms with van der Waals surface area (Å²) in [5.74, 6) is -1.68. The van der Waals surface area contributed by atoms with Gasteiger partial charge in [0.05, 0.1) is 18.1 Å². The van der Waals surface area contributed by atoms with Gasteiger partial charge < -0.3 is 10.4 Å². The zero-order valence-corrected chi connectivity index (χ0v) is 9.72. The molecule has 0 aliphatic rings. The van der Waals surface area contributed by atoms with E-state index in [9.17, 15) is 9.59 Å². The zero-order valence-electron chi connectivity index (χ0n) is 9.72. The van der Waals surface area contributed by atoms with Crippen LogP contribution in [0.3, 0.4) is 0 Å². The van der Waals surface area contributed by atoms with Gasteiger partial charge in [-0.25, -0.2) is 4.79 Å². The smallest absolute Gasteiger partial charge is 0.328 e. The van der Waals surface area contributed by atoms with E-state index in [2.05, 4.69) is 15.5 Å². The Balaban J connectivity index is 2.03. The van der Waals surface area contributed by atoms with E-state index < -0.39 is 11.9 Å². The summed E-state index contributed by atoms with van der Waals surface area (Å²) in [6.45, 7) is 0. The molecule has 2 rings (SSSR count). The predicted molar refractivity (Wildman–Crippen MR) is 66.8 cm³/mol. The third kappa shape index (κ3) is 3.50. The molecule has 96 valence electrons. The highest BCUT2D eigenvalue weighted by molar-refractivity contribution is 6.02. The molecule has 0 aliphatic heterocycles. The highest BCUT2D eigenvalue weighted by Crippen LogP contribution is 2.11. The third-order valence-electron chi connectivity index (χ3n) is 2.16. The van der Waals surface area contributed by atoms with Gasteiger partial charge in [-0.3, -0.25) is 4.79 Å². The summed E-state index contributed by atoms with van der Waals surface area (Å²) >= 11 is 0. The number of hydrogen-bond acceptors (Lipinski definition) is 4. The van der Waals surface area contributed by atoms with E-state index in [0.717, 1.165) is 17.8 Å². The number of anilines is 1. The second-order valence-corrected chi connectivity index (χ2v) is 3.53. The van der Waals surface area contributed by atoms with E-state index in [1.165, 1.54) is 4.80 Å². The molecule has 7 heteroatoms. The topological polar surface area (TPSA) is 97.1 Å². The van der Waals surface area contributed by atoms with Gasteiger partial charge >= 0.3 is 5.97 Å². The van der Waals surface area contributed by atoms with Gasteiger partial charge in [-0.15, -0.1) is 0 Å². The van der Waals surface area contributed by atoms with Crippen LogP contribution in [0.2, 0.25) is 0 Å². The number of carboxylic acid groups (broad SMARTS) is 1. The summed E-state index contributed by atoms with van der Waals surface area (Å²) in [7, 11) is 0. The number of rotatable bonds is 4. The summed E-state index contributed by atoms with van der Waals surface area (Å²) in [4.78, 5) is 23.0. The maximum Gasteiger partial charge on any atom is 0.328 e. The largest absolute Gasteiger partial charge is 0.478 e. The first-order chi connectivity index (χ1) is 9.15. The Hall–Kier alpha value is -2.96. The molecule has 0 radical (unpaired) electrons. The van der Waals surface area contributed by atoms with Crippen molar-refractivity contribution in [1.29, 1.82) is 0 Å². The lowest BCUT2D eigenvalue weighted by Crippen LogP contribution is -2.08. The zero-order chi connectivity index (χ0) is 13.7. The van der Waals surface area contributed by atoms with E-state index in [-0.39, 0.29) is 0 Å². The van der Waals surface area contributed by atoms with Crippen LogP contribution < -0.4 is 5.32 Å². The minimum absolute atomic E-state index is 0.507. The van der Waals surface area contributed by atoms with Gasteiger partial charge in [-0.2, -0.15) is 15.0 Å². The lowest BCUT2D eigenvalue weighted by atomic mass is 10.3. The van der Waals surface area contributed by atoms with Crippen molar-refractivity contribution in [2.24, 2.45) is 0 Å². The molecule has 2 N–H and O–H groups in total. The third-order valence-corrected chi connectivity index (χ3v) is 2.16. The second kappa shape index (κ2) is 5.58. The summed E-state index contributed by atoms with van der Waals surface area (Å²) in [5.41, 5.74) is 1.31. The monoisotopic (exact) mass is 258 g/mol. The number of benzene rings is 1. The van der Waals surface area contributed by atoms with Crippen LogP contribution in [-0.4, -0.2) is 32.0 Å². The molecule has 19 heavy (non-hydrogen) atoms. The van der Waals surface area contributed by atoms with Gasteiger partial charge in [-0.05, 0) is 24.3 Å². The van der Waals surface area contributed by atoms with E-state index in [0.29, 0.717) is 5.69 Å². The molecule has 0 saturated carbocycles. The molecule has 0 atom stereocenters. The van der Waals surface area contributed by atoms with Gasteiger partial charge in [-0.1, -0.05) is 0 Å². The summed E-state index contributed by atoms with van der Waals surface area (Å²) in [6.07, 6.45) is 4.85. The first-order valence-corrected chi connectivity index (χ1v) is 5.34. The maximum atomic E-state index is 11.3. The molecule has 0 saturated heterocycles. The molecule has 0 unspecified atom stereocenters. The first-order valence-electron chi connectivity index (χ1n) is 5.34. The van der Waals surface area contributed by atoms with Crippen molar-refractivity contribution in [2.45, 2.75) is 0 Å². The number of carbonyl (C=O) groups is 2. The summed E-state index contributed by atoms with van der Waals surface area (Å²) < 4.78 is 0. The Morgan fingerprint density at radius 2 is 1.74 bits per heavy atom. The number of carbonyl (C=O) groups excluding carboxylic acids is 1. The molecule has 0 spiro atoms. The van der Waals surface area contributed by atoms with Gasteiger partial charge in [0.2, 0.25) is 5.91 Å². The Morgan fingerprint density at radius 1 is 1.11 bits per heavy atom. The summed E-state index contributed by atoms with van der Waals surface area (Å²) in [5, 5.41) is 18.9. The number of aromatic nitrogens is 3. The fourth-order valence-corrected chi connectivity index (χ4v) is 1.36. The summed E-state index contributed by atoms with van der Waals surface area (Å²) in [6, 6.07) is 6.81. The molecule has 0 fully saturated rings. The van der Waals surface area contributed by atoms with Gasteiger partial charge in [0.15, 0.2) is 0 Å². The van der Waals surface area contributed by atoms with Crippen molar-refractivity contribution in [3.8, 4) is 5.69 Å². The van der Waals surface area contributed by atoms with E-state index in [4.69, 9.17) is 5.11 Å². The molecule has 1 amide bonds. The highest BCUT2D eigenvalue weighted by Gasteiger charge is 2.01. The number of hydrogen-bond donors (Lipinski definition) is 2. The number of carboxylic acids is 1. The molecule has 0 aliphatic carbocycles. The number of nitrogens with zero attached hydrogens (tertiary/aromatic N) is 3. The van der Waals surface area contributed by atoms with Crippen LogP contribution in [0.15, 0.2) is 48.8 Å². The van der Waals surface area contributed by atoms with Crippen LogP contribution >= 0.6 is 0 Å². The molecule has 7 nitrogen and oxygen atoms in total. The fraction of sp³-hybridized carbons (Fsp3) is 0. The second-order valence-electron chi connectivity index (χ2n) is 3.53. The molecule has 1 aromatic heterocycles. The molecule has 2 aromatic rings. The van der Waals surface area contributed by atoms with Gasteiger partial charge in [0.25, 0.3) is 0 Å². The van der Waals surface area contributed by atoms with E-state index in [1.807, 2.05) is 0 Å². The van der Waals surface area contributed by atoms with E-state index >= 15 is 0 Å². The lowest BCUT2D eigenvalue weighted by Gasteiger charge is -2.03. The average Bonchev–Trinajstić information content (AvgIpc) is 2.91. The van der Waals surface area contributed by atoms with Crippen LogP contribution in [0, 0.1) is 0 Å². The average molecular weight is 258 g/mol. The first kappa shape index (κ1) is 12.5. The van der Waals surface area contributed by atoms with Crippen molar-refractivity contribution >= 4 is 17.6 Å². The Labute approximate surface area is 108 Å². The van der Waals surface area contributed by atoms with Crippen LogP contribution in [0.25, 0.3) is 5.69 Å². The van der Waals surface area contributed by atoms with Crippen molar-refractivity contribution in [1.82, 2.24) is 15.0 Å². The number of nitrogens with one attached hydrogen (secondary N) is 1. The normalized spacial score (nSPS) is 10.5. The molecular weight excluding hydrogens is 248 g/mol. The van der Waals surface area contributed by atoms with Crippen LogP contribution in [-0.2, 0) is 9.59 Å². The minimum atomic E-state index is -1.17. The van der Waals surface area contributed by atoms with Crippen LogP contribution in [0.1, 0.15) is 0 Å². The maximum absolute atomic E-state index is 11.3. The predicted octanol–water partition coefficient (Wildman–Crippen LogP) is 0.847.